The van der Waals surface area contributed by atoms with Gasteiger partial charge in [-0.25, -0.2) is 0 Å². The molecule has 0 radical (unpaired) electrons. The van der Waals surface area contributed by atoms with Gasteiger partial charge in [0.05, 0.1) is 13.2 Å². The maximum Gasteiger partial charge on any atom is 0.0632 e. The molecule has 2 saturated heterocycles. The number of likely N-dealkylation sites (tertiary alicyclic amines) is 1. The van der Waals surface area contributed by atoms with E-state index < -0.39 is 0 Å². The number of hydrogen-bond donors (Lipinski definition) is 1. The maximum absolute atomic E-state index is 5.45. The summed E-state index contributed by atoms with van der Waals surface area (Å²) in [5, 5.41) is 3.51. The summed E-state index contributed by atoms with van der Waals surface area (Å²) in [5.41, 5.74) is 0.773. The molecule has 0 aromatic heterocycles. The molecule has 2 aliphatic heterocycles. The molecule has 3 heteroatoms. The summed E-state index contributed by atoms with van der Waals surface area (Å²) in [6.07, 6.45) is 4.44. The molecule has 0 bridgehead atoms. The van der Waals surface area contributed by atoms with Gasteiger partial charge in [0.15, 0.2) is 0 Å². The van der Waals surface area contributed by atoms with E-state index in [1.165, 1.54) is 38.9 Å². The first-order valence-electron chi connectivity index (χ1n) is 5.90. The average molecular weight is 196 g/mol. The first kappa shape index (κ1) is 9.13. The molecule has 0 aromatic carbocycles. The van der Waals surface area contributed by atoms with Crippen LogP contribution >= 0.6 is 0 Å². The van der Waals surface area contributed by atoms with Crippen molar-refractivity contribution in [2.75, 3.05) is 39.4 Å². The third-order valence-electron chi connectivity index (χ3n) is 4.01. The Morgan fingerprint density at radius 2 is 2.21 bits per heavy atom. The second-order valence-corrected chi connectivity index (χ2v) is 5.25. The molecule has 1 atom stereocenters. The molecular weight excluding hydrogens is 176 g/mol. The van der Waals surface area contributed by atoms with E-state index in [2.05, 4.69) is 10.2 Å². The van der Waals surface area contributed by atoms with Crippen molar-refractivity contribution in [3.8, 4) is 0 Å². The van der Waals surface area contributed by atoms with Gasteiger partial charge in [0.2, 0.25) is 0 Å². The molecule has 3 nitrogen and oxygen atoms in total. The highest BCUT2D eigenvalue weighted by Crippen LogP contribution is 2.47. The fourth-order valence-electron chi connectivity index (χ4n) is 3.07. The Morgan fingerprint density at radius 1 is 1.36 bits per heavy atom. The van der Waals surface area contributed by atoms with Gasteiger partial charge in [0.25, 0.3) is 0 Å². The number of ether oxygens (including phenoxy) is 1. The minimum absolute atomic E-state index is 0.584. The summed E-state index contributed by atoms with van der Waals surface area (Å²) in [7, 11) is 0. The van der Waals surface area contributed by atoms with Crippen LogP contribution in [0.4, 0.5) is 0 Å². The molecule has 1 saturated carbocycles. The lowest BCUT2D eigenvalue weighted by Crippen LogP contribution is -2.62. The van der Waals surface area contributed by atoms with Crippen molar-refractivity contribution < 1.29 is 4.74 Å². The van der Waals surface area contributed by atoms with Gasteiger partial charge in [-0.2, -0.15) is 0 Å². The van der Waals surface area contributed by atoms with Crippen LogP contribution in [-0.4, -0.2) is 50.3 Å². The van der Waals surface area contributed by atoms with Gasteiger partial charge in [-0.15, -0.1) is 0 Å². The van der Waals surface area contributed by atoms with E-state index in [1.807, 2.05) is 0 Å². The minimum atomic E-state index is 0.584. The molecule has 2 heterocycles. The van der Waals surface area contributed by atoms with E-state index in [0.29, 0.717) is 6.04 Å². The van der Waals surface area contributed by atoms with E-state index in [9.17, 15) is 0 Å². The molecule has 80 valence electrons. The van der Waals surface area contributed by atoms with Crippen LogP contribution in [0.25, 0.3) is 0 Å². The Hall–Kier alpha value is -0.120. The molecular formula is C11H20N2O. The minimum Gasteiger partial charge on any atom is -0.378 e. The molecule has 1 N–H and O–H groups in total. The van der Waals surface area contributed by atoms with Crippen LogP contribution in [0.15, 0.2) is 0 Å². The van der Waals surface area contributed by atoms with Gasteiger partial charge in [0.1, 0.15) is 0 Å². The van der Waals surface area contributed by atoms with Crippen molar-refractivity contribution in [2.24, 2.45) is 5.41 Å². The predicted molar refractivity (Wildman–Crippen MR) is 55.3 cm³/mol. The third kappa shape index (κ3) is 1.58. The smallest absolute Gasteiger partial charge is 0.0632 e. The largest absolute Gasteiger partial charge is 0.378 e. The molecule has 1 spiro atoms. The van der Waals surface area contributed by atoms with Crippen molar-refractivity contribution in [3.63, 3.8) is 0 Å². The Balaban J connectivity index is 1.41. The maximum atomic E-state index is 5.45. The SMILES string of the molecule is C1CC2(C1)CN(CC1COCCN1)C2. The Bertz CT molecular complexity index is 201. The summed E-state index contributed by atoms with van der Waals surface area (Å²) >= 11 is 0. The molecule has 3 aliphatic rings. The highest BCUT2D eigenvalue weighted by atomic mass is 16.5. The number of nitrogens with one attached hydrogen (secondary N) is 1. The van der Waals surface area contributed by atoms with Crippen molar-refractivity contribution >= 4 is 0 Å². The Labute approximate surface area is 85.8 Å². The lowest BCUT2D eigenvalue weighted by molar-refractivity contribution is -0.0705. The Kier molecular flexibility index (Phi) is 2.26. The quantitative estimate of drug-likeness (QED) is 0.694. The van der Waals surface area contributed by atoms with E-state index in [4.69, 9.17) is 4.74 Å². The van der Waals surface area contributed by atoms with Gasteiger partial charge >= 0.3 is 0 Å². The summed E-state index contributed by atoms with van der Waals surface area (Å²) in [4.78, 5) is 2.59. The molecule has 0 amide bonds. The van der Waals surface area contributed by atoms with Gasteiger partial charge < -0.3 is 15.0 Å². The summed E-state index contributed by atoms with van der Waals surface area (Å²) in [6.45, 7) is 6.73. The lowest BCUT2D eigenvalue weighted by atomic mass is 9.63. The van der Waals surface area contributed by atoms with Crippen LogP contribution in [0.3, 0.4) is 0 Å². The van der Waals surface area contributed by atoms with Crippen molar-refractivity contribution in [1.29, 1.82) is 0 Å². The number of rotatable bonds is 2. The lowest BCUT2D eigenvalue weighted by Gasteiger charge is -2.56. The molecule has 0 aromatic rings. The van der Waals surface area contributed by atoms with Crippen LogP contribution < -0.4 is 5.32 Å². The molecule has 3 fully saturated rings. The summed E-state index contributed by atoms with van der Waals surface area (Å²) < 4.78 is 5.45. The zero-order valence-corrected chi connectivity index (χ0v) is 8.80. The highest BCUT2D eigenvalue weighted by Gasteiger charge is 2.47. The van der Waals surface area contributed by atoms with Crippen molar-refractivity contribution in [2.45, 2.75) is 25.3 Å². The number of hydrogen-bond acceptors (Lipinski definition) is 3. The second-order valence-electron chi connectivity index (χ2n) is 5.25. The van der Waals surface area contributed by atoms with Gasteiger partial charge in [-0.3, -0.25) is 0 Å². The zero-order valence-electron chi connectivity index (χ0n) is 8.80. The summed E-state index contributed by atoms with van der Waals surface area (Å²) in [6, 6.07) is 0.584. The normalized spacial score (nSPS) is 36.4. The van der Waals surface area contributed by atoms with Crippen LogP contribution in [0.2, 0.25) is 0 Å². The van der Waals surface area contributed by atoms with Crippen LogP contribution in [0, 0.1) is 5.41 Å². The van der Waals surface area contributed by atoms with Gasteiger partial charge in [-0.1, -0.05) is 6.42 Å². The predicted octanol–water partition coefficient (Wildman–Crippen LogP) is 0.461. The third-order valence-corrected chi connectivity index (χ3v) is 4.01. The fraction of sp³-hybridized carbons (Fsp3) is 1.00. The van der Waals surface area contributed by atoms with Crippen LogP contribution in [0.5, 0.6) is 0 Å². The van der Waals surface area contributed by atoms with Crippen LogP contribution in [-0.2, 0) is 4.74 Å². The average Bonchev–Trinajstić information content (AvgIpc) is 2.09. The molecule has 3 rings (SSSR count). The summed E-state index contributed by atoms with van der Waals surface area (Å²) in [5.74, 6) is 0. The first-order valence-corrected chi connectivity index (χ1v) is 5.90. The van der Waals surface area contributed by atoms with Gasteiger partial charge in [0, 0.05) is 32.2 Å². The van der Waals surface area contributed by atoms with Crippen molar-refractivity contribution in [1.82, 2.24) is 10.2 Å². The molecule has 1 aliphatic carbocycles. The van der Waals surface area contributed by atoms with E-state index in [0.717, 1.165) is 25.2 Å². The standard InChI is InChI=1S/C11H20N2O/c1-2-11(3-1)8-13(9-11)6-10-7-14-5-4-12-10/h10,12H,1-9H2. The molecule has 14 heavy (non-hydrogen) atoms. The monoisotopic (exact) mass is 196 g/mol. The highest BCUT2D eigenvalue weighted by molar-refractivity contribution is 5.01. The number of morpholine rings is 1. The van der Waals surface area contributed by atoms with Crippen molar-refractivity contribution in [3.05, 3.63) is 0 Å². The second kappa shape index (κ2) is 3.47. The molecule has 1 unspecified atom stereocenters. The topological polar surface area (TPSA) is 24.5 Å². The zero-order chi connectivity index (χ0) is 9.43. The first-order chi connectivity index (χ1) is 6.86. The van der Waals surface area contributed by atoms with Crippen LogP contribution in [0.1, 0.15) is 19.3 Å². The van der Waals surface area contributed by atoms with E-state index in [1.54, 1.807) is 0 Å². The van der Waals surface area contributed by atoms with Gasteiger partial charge in [-0.05, 0) is 18.3 Å². The van der Waals surface area contributed by atoms with E-state index in [-0.39, 0.29) is 0 Å². The van der Waals surface area contributed by atoms with E-state index >= 15 is 0 Å². The number of nitrogens with zero attached hydrogens (tertiary/aromatic N) is 1. The fourth-order valence-corrected chi connectivity index (χ4v) is 3.07. The Morgan fingerprint density at radius 3 is 2.79 bits per heavy atom.